The van der Waals surface area contributed by atoms with Crippen LogP contribution in [0.5, 0.6) is 0 Å². The van der Waals surface area contributed by atoms with Crippen molar-refractivity contribution >= 4 is 23.2 Å². The van der Waals surface area contributed by atoms with E-state index in [4.69, 9.17) is 0 Å². The number of aryl methyl sites for hydroxylation is 1. The monoisotopic (exact) mass is 521 g/mol. The number of likely N-dealkylation sites (N-methyl/N-ethyl adjacent to an activating group) is 1. The molecule has 0 saturated carbocycles. The van der Waals surface area contributed by atoms with Crippen LogP contribution in [0.25, 0.3) is 11.3 Å². The number of carbonyl (C=O) groups is 2. The quantitative estimate of drug-likeness (QED) is 0.377. The molecule has 198 valence electrons. The molecular weight excluding hydrogens is 490 g/mol. The molecule has 1 aliphatic rings. The highest BCUT2D eigenvalue weighted by atomic mass is 16.2. The molecule has 1 fully saturated rings. The number of carbonyl (C=O) groups excluding carboxylic acids is 2. The normalized spacial score (nSPS) is 14.1. The lowest BCUT2D eigenvalue weighted by Gasteiger charge is -2.32. The van der Waals surface area contributed by atoms with Crippen LogP contribution in [0.4, 0.5) is 11.4 Å². The summed E-state index contributed by atoms with van der Waals surface area (Å²) in [4.78, 5) is 43.3. The van der Waals surface area contributed by atoms with Gasteiger partial charge in [-0.05, 0) is 67.6 Å². The molecule has 39 heavy (non-hydrogen) atoms. The molecule has 2 aromatic carbocycles. The molecule has 0 aliphatic carbocycles. The van der Waals surface area contributed by atoms with Crippen LogP contribution in [0.3, 0.4) is 0 Å². The number of anilines is 2. The van der Waals surface area contributed by atoms with Gasteiger partial charge in [0, 0.05) is 73.8 Å². The third-order valence-electron chi connectivity index (χ3n) is 6.78. The fourth-order valence-electron chi connectivity index (χ4n) is 4.38. The van der Waals surface area contributed by atoms with Gasteiger partial charge in [0.2, 0.25) is 5.82 Å². The summed E-state index contributed by atoms with van der Waals surface area (Å²) in [6.07, 6.45) is 4.91. The van der Waals surface area contributed by atoms with Crippen molar-refractivity contribution in [1.29, 1.82) is 0 Å². The number of pyridine rings is 1. The first kappa shape index (κ1) is 26.1. The smallest absolute Gasteiger partial charge is 0.293 e. The van der Waals surface area contributed by atoms with E-state index in [1.807, 2.05) is 55.5 Å². The topological polar surface area (TPSA) is 103 Å². The Morgan fingerprint density at radius 1 is 0.897 bits per heavy atom. The molecule has 1 aliphatic heterocycles. The molecule has 0 spiro atoms. The van der Waals surface area contributed by atoms with Crippen molar-refractivity contribution in [2.24, 2.45) is 0 Å². The molecule has 3 heterocycles. The SMILES string of the molecule is Cc1ccc(NC(=O)c2ccc(CN3CCN(C)CC3)cc2)cc1NC(=O)c1nccc(-c2cccnc2)n1. The van der Waals surface area contributed by atoms with E-state index in [0.29, 0.717) is 22.6 Å². The van der Waals surface area contributed by atoms with E-state index in [9.17, 15) is 9.59 Å². The zero-order chi connectivity index (χ0) is 27.2. The van der Waals surface area contributed by atoms with Crippen molar-refractivity contribution in [2.45, 2.75) is 13.5 Å². The van der Waals surface area contributed by atoms with Crippen molar-refractivity contribution in [3.8, 4) is 11.3 Å². The molecular formula is C30H31N7O2. The van der Waals surface area contributed by atoms with Crippen LogP contribution in [0.15, 0.2) is 79.3 Å². The minimum atomic E-state index is -0.441. The largest absolute Gasteiger partial charge is 0.322 e. The van der Waals surface area contributed by atoms with Crippen LogP contribution < -0.4 is 10.6 Å². The number of benzene rings is 2. The van der Waals surface area contributed by atoms with Crippen LogP contribution in [-0.4, -0.2) is 69.8 Å². The first-order valence-electron chi connectivity index (χ1n) is 12.9. The summed E-state index contributed by atoms with van der Waals surface area (Å²) in [7, 11) is 2.15. The lowest BCUT2D eigenvalue weighted by molar-refractivity contribution is 0.101. The van der Waals surface area contributed by atoms with Crippen LogP contribution in [0.2, 0.25) is 0 Å². The van der Waals surface area contributed by atoms with Crippen molar-refractivity contribution < 1.29 is 9.59 Å². The molecule has 5 rings (SSSR count). The van der Waals surface area contributed by atoms with Gasteiger partial charge >= 0.3 is 0 Å². The maximum absolute atomic E-state index is 13.0. The van der Waals surface area contributed by atoms with Gasteiger partial charge in [-0.25, -0.2) is 9.97 Å². The first-order chi connectivity index (χ1) is 18.9. The van der Waals surface area contributed by atoms with Crippen LogP contribution in [0.1, 0.15) is 32.1 Å². The van der Waals surface area contributed by atoms with E-state index in [1.165, 1.54) is 5.56 Å². The van der Waals surface area contributed by atoms with Gasteiger partial charge in [0.15, 0.2) is 0 Å². The summed E-state index contributed by atoms with van der Waals surface area (Å²) in [5, 5.41) is 5.80. The Hall–Kier alpha value is -4.47. The molecule has 1 saturated heterocycles. The van der Waals surface area contributed by atoms with Gasteiger partial charge in [-0.3, -0.25) is 19.5 Å². The fraction of sp³-hybridized carbons (Fsp3) is 0.233. The van der Waals surface area contributed by atoms with Crippen LogP contribution >= 0.6 is 0 Å². The predicted molar refractivity (Wildman–Crippen MR) is 152 cm³/mol. The zero-order valence-corrected chi connectivity index (χ0v) is 22.1. The molecule has 9 heteroatoms. The average Bonchev–Trinajstić information content (AvgIpc) is 2.97. The minimum Gasteiger partial charge on any atom is -0.322 e. The van der Waals surface area contributed by atoms with Gasteiger partial charge in [-0.15, -0.1) is 0 Å². The van der Waals surface area contributed by atoms with Gasteiger partial charge in [-0.1, -0.05) is 18.2 Å². The highest BCUT2D eigenvalue weighted by molar-refractivity contribution is 6.05. The summed E-state index contributed by atoms with van der Waals surface area (Å²) in [5.74, 6) is -0.611. The van der Waals surface area contributed by atoms with Gasteiger partial charge in [0.1, 0.15) is 0 Å². The molecule has 0 unspecified atom stereocenters. The molecule has 2 aromatic heterocycles. The van der Waals surface area contributed by atoms with E-state index in [-0.39, 0.29) is 11.7 Å². The number of piperazine rings is 1. The van der Waals surface area contributed by atoms with Gasteiger partial charge in [-0.2, -0.15) is 0 Å². The molecule has 4 aromatic rings. The highest BCUT2D eigenvalue weighted by Crippen LogP contribution is 2.22. The lowest BCUT2D eigenvalue weighted by Crippen LogP contribution is -2.43. The predicted octanol–water partition coefficient (Wildman–Crippen LogP) is 4.10. The van der Waals surface area contributed by atoms with E-state index in [0.717, 1.165) is 43.9 Å². The Morgan fingerprint density at radius 2 is 1.69 bits per heavy atom. The molecule has 2 N–H and O–H groups in total. The maximum atomic E-state index is 13.0. The zero-order valence-electron chi connectivity index (χ0n) is 22.1. The first-order valence-corrected chi connectivity index (χ1v) is 12.9. The van der Waals surface area contributed by atoms with Crippen molar-refractivity contribution in [1.82, 2.24) is 24.8 Å². The Balaban J connectivity index is 1.22. The molecule has 0 radical (unpaired) electrons. The third kappa shape index (κ3) is 6.70. The fourth-order valence-corrected chi connectivity index (χ4v) is 4.38. The van der Waals surface area contributed by atoms with Crippen molar-refractivity contribution in [2.75, 3.05) is 43.9 Å². The lowest BCUT2D eigenvalue weighted by atomic mass is 10.1. The number of hydrogen-bond acceptors (Lipinski definition) is 7. The Morgan fingerprint density at radius 3 is 2.44 bits per heavy atom. The standard InChI is InChI=1S/C30H31N7O2/c1-21-5-10-25(33-29(38)23-8-6-22(7-9-23)20-37-16-14-36(2)15-17-37)18-27(21)35-30(39)28-32-13-11-26(34-28)24-4-3-12-31-19-24/h3-13,18-19H,14-17,20H2,1-2H3,(H,33,38)(H,35,39). The molecule has 0 bridgehead atoms. The second-order valence-electron chi connectivity index (χ2n) is 9.72. The maximum Gasteiger partial charge on any atom is 0.293 e. The molecule has 2 amide bonds. The van der Waals surface area contributed by atoms with Crippen molar-refractivity contribution in [3.05, 3.63) is 102 Å². The van der Waals surface area contributed by atoms with Crippen molar-refractivity contribution in [3.63, 3.8) is 0 Å². The highest BCUT2D eigenvalue weighted by Gasteiger charge is 2.16. The molecule has 9 nitrogen and oxygen atoms in total. The Labute approximate surface area is 227 Å². The van der Waals surface area contributed by atoms with Gasteiger partial charge < -0.3 is 15.5 Å². The Bertz CT molecular complexity index is 1450. The number of nitrogens with zero attached hydrogens (tertiary/aromatic N) is 5. The number of hydrogen-bond donors (Lipinski definition) is 2. The minimum absolute atomic E-state index is 0.0434. The Kier molecular flexibility index (Phi) is 8.00. The van der Waals surface area contributed by atoms with Crippen LogP contribution in [0, 0.1) is 6.92 Å². The second kappa shape index (κ2) is 11.9. The number of amides is 2. The summed E-state index contributed by atoms with van der Waals surface area (Å²) in [6.45, 7) is 7.01. The van der Waals surface area contributed by atoms with Gasteiger partial charge in [0.25, 0.3) is 11.8 Å². The number of aromatic nitrogens is 3. The summed E-state index contributed by atoms with van der Waals surface area (Å²) in [5.41, 5.74) is 5.15. The van der Waals surface area contributed by atoms with E-state index in [1.54, 1.807) is 30.7 Å². The summed E-state index contributed by atoms with van der Waals surface area (Å²) >= 11 is 0. The second-order valence-corrected chi connectivity index (χ2v) is 9.72. The summed E-state index contributed by atoms with van der Waals surface area (Å²) < 4.78 is 0. The average molecular weight is 522 g/mol. The summed E-state index contributed by atoms with van der Waals surface area (Å²) in [6, 6.07) is 18.5. The molecule has 0 atom stereocenters. The number of rotatable bonds is 7. The van der Waals surface area contributed by atoms with Gasteiger partial charge in [0.05, 0.1) is 5.69 Å². The van der Waals surface area contributed by atoms with E-state index in [2.05, 4.69) is 42.4 Å². The van der Waals surface area contributed by atoms with E-state index >= 15 is 0 Å². The number of nitrogens with one attached hydrogen (secondary N) is 2. The third-order valence-corrected chi connectivity index (χ3v) is 6.78. The van der Waals surface area contributed by atoms with E-state index < -0.39 is 5.91 Å². The van der Waals surface area contributed by atoms with Crippen LogP contribution in [-0.2, 0) is 6.54 Å².